The van der Waals surface area contributed by atoms with Crippen LogP contribution in [0.3, 0.4) is 0 Å². The van der Waals surface area contributed by atoms with Crippen molar-refractivity contribution in [3.63, 3.8) is 0 Å². The fourth-order valence-corrected chi connectivity index (χ4v) is 3.89. The maximum Gasteiger partial charge on any atom is 0.274 e. The zero-order valence-electron chi connectivity index (χ0n) is 12.1. The second kappa shape index (κ2) is 6.11. The maximum absolute atomic E-state index is 12.6. The zero-order valence-corrected chi connectivity index (χ0v) is 13.6. The van der Waals surface area contributed by atoms with Crippen LogP contribution in [0, 0.1) is 5.92 Å². The van der Waals surface area contributed by atoms with Gasteiger partial charge in [-0.25, -0.2) is 4.98 Å². The van der Waals surface area contributed by atoms with Gasteiger partial charge < -0.3 is 9.80 Å². The van der Waals surface area contributed by atoms with Gasteiger partial charge in [-0.3, -0.25) is 4.79 Å². The first-order valence-electron chi connectivity index (χ1n) is 7.38. The lowest BCUT2D eigenvalue weighted by molar-refractivity contribution is 0.0313. The van der Waals surface area contributed by atoms with Crippen molar-refractivity contribution in [2.75, 3.05) is 26.7 Å². The van der Waals surface area contributed by atoms with Gasteiger partial charge in [0.1, 0.15) is 10.8 Å². The average Bonchev–Trinajstić information content (AvgIpc) is 2.49. The Hall–Kier alpha value is -0.840. The highest BCUT2D eigenvalue weighted by atomic mass is 35.5. The van der Waals surface area contributed by atoms with Gasteiger partial charge in [-0.15, -0.1) is 0 Å². The molecule has 0 bridgehead atoms. The van der Waals surface area contributed by atoms with Crippen molar-refractivity contribution in [1.29, 1.82) is 0 Å². The fourth-order valence-electron chi connectivity index (χ4n) is 3.56. The van der Waals surface area contributed by atoms with E-state index in [1.165, 1.54) is 12.8 Å². The molecule has 0 spiro atoms. The Morgan fingerprint density at radius 1 is 1.29 bits per heavy atom. The van der Waals surface area contributed by atoms with Crippen molar-refractivity contribution in [3.05, 3.63) is 28.0 Å². The molecule has 21 heavy (non-hydrogen) atoms. The molecule has 1 aromatic rings. The number of carbonyl (C=O) groups is 1. The number of halogens is 2. The number of carbonyl (C=O) groups excluding carboxylic acids is 1. The Kier molecular flexibility index (Phi) is 4.38. The molecule has 0 N–H and O–H groups in total. The Bertz CT molecular complexity index is 552. The first-order chi connectivity index (χ1) is 10.1. The van der Waals surface area contributed by atoms with E-state index >= 15 is 0 Å². The minimum atomic E-state index is -0.103. The lowest BCUT2D eigenvalue weighted by Gasteiger charge is -2.45. The molecule has 3 rings (SSSR count). The van der Waals surface area contributed by atoms with Crippen LogP contribution in [-0.4, -0.2) is 53.4 Å². The highest BCUT2D eigenvalue weighted by molar-refractivity contribution is 6.34. The van der Waals surface area contributed by atoms with Crippen molar-refractivity contribution < 1.29 is 4.79 Å². The van der Waals surface area contributed by atoms with Crippen LogP contribution in [0.2, 0.25) is 10.2 Å². The molecule has 0 radical (unpaired) electrons. The highest BCUT2D eigenvalue weighted by Crippen LogP contribution is 2.30. The second-order valence-electron chi connectivity index (χ2n) is 5.95. The molecule has 2 atom stereocenters. The molecule has 2 aliphatic rings. The molecule has 3 heterocycles. The van der Waals surface area contributed by atoms with E-state index in [1.54, 1.807) is 12.1 Å². The summed E-state index contributed by atoms with van der Waals surface area (Å²) < 4.78 is 0. The number of fused-ring (bicyclic) bond motifs is 1. The van der Waals surface area contributed by atoms with Gasteiger partial charge in [0.2, 0.25) is 0 Å². The van der Waals surface area contributed by atoms with Gasteiger partial charge in [0.15, 0.2) is 0 Å². The Labute approximate surface area is 135 Å². The smallest absolute Gasteiger partial charge is 0.274 e. The number of amides is 1. The maximum atomic E-state index is 12.6. The number of nitrogens with zero attached hydrogens (tertiary/aromatic N) is 3. The summed E-state index contributed by atoms with van der Waals surface area (Å²) in [6.45, 7) is 2.71. The third-order valence-corrected chi connectivity index (χ3v) is 5.16. The molecule has 4 nitrogen and oxygen atoms in total. The number of aromatic nitrogens is 1. The summed E-state index contributed by atoms with van der Waals surface area (Å²) in [7, 11) is 2.18. The van der Waals surface area contributed by atoms with Crippen LogP contribution in [-0.2, 0) is 0 Å². The molecule has 2 aliphatic heterocycles. The van der Waals surface area contributed by atoms with E-state index in [4.69, 9.17) is 23.2 Å². The molecule has 0 aromatic carbocycles. The number of pyridine rings is 1. The number of hydrogen-bond donors (Lipinski definition) is 0. The minimum Gasteiger partial charge on any atom is -0.337 e. The third kappa shape index (κ3) is 3.03. The molecular weight excluding hydrogens is 309 g/mol. The van der Waals surface area contributed by atoms with Crippen LogP contribution in [0.15, 0.2) is 12.1 Å². The SMILES string of the molecule is CN1CCCC2CN(C(=O)c3nc(Cl)ccc3Cl)CCC21. The summed E-state index contributed by atoms with van der Waals surface area (Å²) in [4.78, 5) is 21.0. The van der Waals surface area contributed by atoms with E-state index in [0.717, 1.165) is 26.1 Å². The average molecular weight is 328 g/mol. The first-order valence-corrected chi connectivity index (χ1v) is 8.13. The van der Waals surface area contributed by atoms with Crippen LogP contribution < -0.4 is 0 Å². The first kappa shape index (κ1) is 15.1. The lowest BCUT2D eigenvalue weighted by Crippen LogP contribution is -2.54. The van der Waals surface area contributed by atoms with E-state index in [2.05, 4.69) is 16.9 Å². The van der Waals surface area contributed by atoms with Gasteiger partial charge in [0.25, 0.3) is 5.91 Å². The monoisotopic (exact) mass is 327 g/mol. The topological polar surface area (TPSA) is 36.4 Å². The third-order valence-electron chi connectivity index (χ3n) is 4.65. The summed E-state index contributed by atoms with van der Waals surface area (Å²) in [5.74, 6) is 0.452. The molecule has 2 unspecified atom stereocenters. The van der Waals surface area contributed by atoms with Crippen LogP contribution in [0.4, 0.5) is 0 Å². The Morgan fingerprint density at radius 2 is 2.10 bits per heavy atom. The summed E-state index contributed by atoms with van der Waals surface area (Å²) in [6.07, 6.45) is 3.41. The predicted octanol–water partition coefficient (Wildman–Crippen LogP) is 2.94. The normalized spacial score (nSPS) is 26.5. The van der Waals surface area contributed by atoms with E-state index in [1.807, 2.05) is 4.90 Å². The van der Waals surface area contributed by atoms with Crippen molar-refractivity contribution in [2.24, 2.45) is 5.92 Å². The molecule has 2 saturated heterocycles. The minimum absolute atomic E-state index is 0.103. The molecule has 6 heteroatoms. The van der Waals surface area contributed by atoms with Crippen LogP contribution in [0.5, 0.6) is 0 Å². The van der Waals surface area contributed by atoms with Crippen LogP contribution in [0.25, 0.3) is 0 Å². The number of hydrogen-bond acceptors (Lipinski definition) is 3. The second-order valence-corrected chi connectivity index (χ2v) is 6.75. The van der Waals surface area contributed by atoms with Gasteiger partial charge in [-0.05, 0) is 50.9 Å². The van der Waals surface area contributed by atoms with Gasteiger partial charge in [0.05, 0.1) is 5.02 Å². The predicted molar refractivity (Wildman–Crippen MR) is 83.9 cm³/mol. The van der Waals surface area contributed by atoms with Gasteiger partial charge in [-0.1, -0.05) is 23.2 Å². The van der Waals surface area contributed by atoms with Crippen molar-refractivity contribution in [2.45, 2.75) is 25.3 Å². The van der Waals surface area contributed by atoms with E-state index < -0.39 is 0 Å². The molecule has 0 aliphatic carbocycles. The lowest BCUT2D eigenvalue weighted by atomic mass is 9.84. The molecule has 1 amide bonds. The summed E-state index contributed by atoms with van der Waals surface area (Å²) >= 11 is 12.0. The number of piperidine rings is 2. The highest BCUT2D eigenvalue weighted by Gasteiger charge is 2.36. The summed E-state index contributed by atoms with van der Waals surface area (Å²) in [6, 6.07) is 3.83. The zero-order chi connectivity index (χ0) is 15.0. The van der Waals surface area contributed by atoms with Crippen molar-refractivity contribution >= 4 is 29.1 Å². The van der Waals surface area contributed by atoms with Crippen LogP contribution >= 0.6 is 23.2 Å². The molecule has 2 fully saturated rings. The van der Waals surface area contributed by atoms with Crippen LogP contribution in [0.1, 0.15) is 29.8 Å². The van der Waals surface area contributed by atoms with Crippen molar-refractivity contribution in [3.8, 4) is 0 Å². The summed E-state index contributed by atoms with van der Waals surface area (Å²) in [5, 5.41) is 0.669. The van der Waals surface area contributed by atoms with E-state index in [9.17, 15) is 4.79 Å². The van der Waals surface area contributed by atoms with Gasteiger partial charge >= 0.3 is 0 Å². The van der Waals surface area contributed by atoms with Gasteiger partial charge in [-0.2, -0.15) is 0 Å². The number of likely N-dealkylation sites (tertiary alicyclic amines) is 2. The largest absolute Gasteiger partial charge is 0.337 e. The standard InChI is InChI=1S/C15H19Cl2N3O/c1-19-7-2-3-10-9-20(8-6-12(10)19)15(21)14-11(16)4-5-13(17)18-14/h4-5,10,12H,2-3,6-9H2,1H3. The van der Waals surface area contributed by atoms with Crippen molar-refractivity contribution in [1.82, 2.24) is 14.8 Å². The molecule has 0 saturated carbocycles. The Balaban J connectivity index is 1.76. The van der Waals surface area contributed by atoms with E-state index in [-0.39, 0.29) is 11.6 Å². The molecule has 1 aromatic heterocycles. The van der Waals surface area contributed by atoms with E-state index in [0.29, 0.717) is 22.1 Å². The quantitative estimate of drug-likeness (QED) is 0.744. The molecule has 114 valence electrons. The Morgan fingerprint density at radius 3 is 2.90 bits per heavy atom. The number of rotatable bonds is 1. The molecular formula is C15H19Cl2N3O. The van der Waals surface area contributed by atoms with Gasteiger partial charge in [0, 0.05) is 19.1 Å². The summed E-state index contributed by atoms with van der Waals surface area (Å²) in [5.41, 5.74) is 0.270. The fraction of sp³-hybridized carbons (Fsp3) is 0.600.